The van der Waals surface area contributed by atoms with Crippen molar-refractivity contribution in [3.63, 3.8) is 0 Å². The normalized spacial score (nSPS) is 31.5. The Bertz CT molecular complexity index is 605. The fourth-order valence-electron chi connectivity index (χ4n) is 3.50. The maximum atomic E-state index is 11.7. The average Bonchev–Trinajstić information content (AvgIpc) is 2.73. The van der Waals surface area contributed by atoms with Crippen LogP contribution in [0.15, 0.2) is 0 Å². The third-order valence-corrected chi connectivity index (χ3v) is 5.57. The summed E-state index contributed by atoms with van der Waals surface area (Å²) >= 11 is 0. The molecule has 0 aromatic heterocycles. The third-order valence-electron chi connectivity index (χ3n) is 5.57. The Morgan fingerprint density at radius 2 is 1.52 bits per heavy atom. The summed E-state index contributed by atoms with van der Waals surface area (Å²) in [6.45, 7) is -0.649. The maximum Gasteiger partial charge on any atom is 2.00 e. The Kier molecular flexibility index (Phi) is 15.1. The number of aliphatic hydroxyl groups is 4. The van der Waals surface area contributed by atoms with Crippen LogP contribution in [0.3, 0.4) is 0 Å². The number of nitrogens with one attached hydrogen (secondary N) is 1. The van der Waals surface area contributed by atoms with E-state index in [0.29, 0.717) is 0 Å². The minimum atomic E-state index is -1.85. The van der Waals surface area contributed by atoms with Crippen molar-refractivity contribution in [1.82, 2.24) is 5.32 Å². The molecule has 1 aliphatic carbocycles. The third kappa shape index (κ3) is 10.3. The SMILES string of the molecule is N[C@H]1CCCC[C@@H]1N.O=C(CCCC(C(=O)[O-])C(=O)[O-])N[C@H]1C(O)O[C@H](CO)[C@@H](O)[C@@H]1O.[Pt+2]. The van der Waals surface area contributed by atoms with Gasteiger partial charge in [0.2, 0.25) is 5.91 Å². The van der Waals surface area contributed by atoms with Gasteiger partial charge in [-0.2, -0.15) is 0 Å². The van der Waals surface area contributed by atoms with Crippen molar-refractivity contribution < 1.29 is 70.8 Å². The summed E-state index contributed by atoms with van der Waals surface area (Å²) in [5.74, 6) is -6.22. The summed E-state index contributed by atoms with van der Waals surface area (Å²) in [6.07, 6.45) is -2.05. The summed E-state index contributed by atoms with van der Waals surface area (Å²) in [6, 6.07) is -0.805. The number of hydrogen-bond donors (Lipinski definition) is 7. The fraction of sp³-hybridized carbons (Fsp3) is 0.842. The molecule has 14 heteroatoms. The van der Waals surface area contributed by atoms with Gasteiger partial charge in [-0.25, -0.2) is 0 Å². The molecule has 1 saturated heterocycles. The number of carboxylic acids is 2. The van der Waals surface area contributed by atoms with E-state index < -0.39 is 61.0 Å². The van der Waals surface area contributed by atoms with Crippen molar-refractivity contribution >= 4 is 17.8 Å². The van der Waals surface area contributed by atoms with Crippen molar-refractivity contribution in [2.45, 2.75) is 87.7 Å². The molecular formula is C19H33N3O10Pt. The molecule has 0 aromatic rings. The van der Waals surface area contributed by atoms with Crippen LogP contribution in [-0.4, -0.2) is 87.6 Å². The van der Waals surface area contributed by atoms with E-state index in [2.05, 4.69) is 5.32 Å². The minimum absolute atomic E-state index is 0. The Morgan fingerprint density at radius 1 is 1.00 bits per heavy atom. The molecule has 1 saturated carbocycles. The number of carbonyl (C=O) groups excluding carboxylic acids is 3. The Hall–Kier alpha value is -1.18. The van der Waals surface area contributed by atoms with Crippen LogP contribution in [0.25, 0.3) is 0 Å². The van der Waals surface area contributed by atoms with Crippen LogP contribution in [0, 0.1) is 5.92 Å². The number of aliphatic hydroxyl groups excluding tert-OH is 4. The van der Waals surface area contributed by atoms with E-state index in [-0.39, 0.29) is 52.4 Å². The number of carbonyl (C=O) groups is 3. The van der Waals surface area contributed by atoms with Crippen LogP contribution in [-0.2, 0) is 40.2 Å². The number of nitrogens with two attached hydrogens (primary N) is 2. The van der Waals surface area contributed by atoms with E-state index >= 15 is 0 Å². The molecule has 9 N–H and O–H groups in total. The Balaban J connectivity index is 0.000000956. The van der Waals surface area contributed by atoms with Gasteiger partial charge in [-0.3, -0.25) is 4.79 Å². The number of amides is 1. The van der Waals surface area contributed by atoms with Crippen LogP contribution in [0.5, 0.6) is 0 Å². The van der Waals surface area contributed by atoms with E-state index in [1.807, 2.05) is 0 Å². The molecule has 0 aromatic carbocycles. The second-order valence-corrected chi connectivity index (χ2v) is 8.02. The molecule has 13 nitrogen and oxygen atoms in total. The zero-order valence-corrected chi connectivity index (χ0v) is 20.3. The van der Waals surface area contributed by atoms with E-state index in [4.69, 9.17) is 21.3 Å². The molecule has 1 unspecified atom stereocenters. The van der Waals surface area contributed by atoms with Gasteiger partial charge in [0.05, 0.1) is 18.5 Å². The smallest absolute Gasteiger partial charge is 0.549 e. The van der Waals surface area contributed by atoms with Crippen LogP contribution in [0.2, 0.25) is 0 Å². The summed E-state index contributed by atoms with van der Waals surface area (Å²) in [4.78, 5) is 32.8. The first-order valence-electron chi connectivity index (χ1n) is 10.5. The second kappa shape index (κ2) is 15.7. The van der Waals surface area contributed by atoms with Gasteiger partial charge >= 0.3 is 21.1 Å². The number of aliphatic carboxylic acids is 2. The molecule has 0 radical (unpaired) electrons. The molecule has 194 valence electrons. The van der Waals surface area contributed by atoms with Crippen LogP contribution >= 0.6 is 0 Å². The van der Waals surface area contributed by atoms with Crippen molar-refractivity contribution in [3.8, 4) is 0 Å². The van der Waals surface area contributed by atoms with Crippen molar-refractivity contribution in [2.24, 2.45) is 17.4 Å². The van der Waals surface area contributed by atoms with Crippen LogP contribution in [0.1, 0.15) is 44.9 Å². The van der Waals surface area contributed by atoms with Crippen molar-refractivity contribution in [1.29, 1.82) is 0 Å². The molecular weight excluding hydrogens is 625 g/mol. The molecule has 1 heterocycles. The first-order chi connectivity index (χ1) is 15.0. The zero-order valence-electron chi connectivity index (χ0n) is 18.0. The predicted molar refractivity (Wildman–Crippen MR) is 104 cm³/mol. The van der Waals surface area contributed by atoms with Gasteiger partial charge in [0, 0.05) is 24.4 Å². The summed E-state index contributed by atoms with van der Waals surface area (Å²) < 4.78 is 4.85. The fourth-order valence-corrected chi connectivity index (χ4v) is 3.50. The van der Waals surface area contributed by atoms with Gasteiger partial charge in [0.1, 0.15) is 24.4 Å². The molecule has 2 rings (SSSR count). The molecule has 0 bridgehead atoms. The molecule has 33 heavy (non-hydrogen) atoms. The summed E-state index contributed by atoms with van der Waals surface area (Å²) in [7, 11) is 0. The first-order valence-corrected chi connectivity index (χ1v) is 10.5. The molecule has 2 fully saturated rings. The van der Waals surface area contributed by atoms with E-state index in [0.717, 1.165) is 12.8 Å². The second-order valence-electron chi connectivity index (χ2n) is 8.02. The largest absolute Gasteiger partial charge is 2.00 e. The van der Waals surface area contributed by atoms with Crippen LogP contribution < -0.4 is 27.0 Å². The molecule has 7 atom stereocenters. The van der Waals surface area contributed by atoms with Crippen LogP contribution in [0.4, 0.5) is 0 Å². The van der Waals surface area contributed by atoms with Gasteiger partial charge in [-0.05, 0) is 25.7 Å². The summed E-state index contributed by atoms with van der Waals surface area (Å²) in [5.41, 5.74) is 11.3. The molecule has 1 amide bonds. The number of rotatable bonds is 8. The topological polar surface area (TPSA) is 252 Å². The standard InChI is InChI=1S/C13H21NO10.C6H14N2.Pt/c15-4-6-9(17)10(18)8(13(23)24-6)14-7(16)3-1-2-5(11(19)20)12(21)22;7-5-3-1-2-4-6(5)8;/h5-6,8-10,13,15,17-18,23H,1-4H2,(H,14,16)(H,19,20)(H,21,22);5-6H,1-4,7-8H2;/q;;+2/p-2/t6-,8-,9-,10-,13?;5-,6-;/m10./s1. The van der Waals surface area contributed by atoms with Crippen molar-refractivity contribution in [3.05, 3.63) is 0 Å². The monoisotopic (exact) mass is 658 g/mol. The van der Waals surface area contributed by atoms with E-state index in [1.54, 1.807) is 0 Å². The first kappa shape index (κ1) is 31.8. The van der Waals surface area contributed by atoms with Crippen molar-refractivity contribution in [2.75, 3.05) is 6.61 Å². The molecule has 1 aliphatic heterocycles. The average molecular weight is 659 g/mol. The van der Waals surface area contributed by atoms with Gasteiger partial charge in [-0.1, -0.05) is 12.8 Å². The van der Waals surface area contributed by atoms with E-state index in [1.165, 1.54) is 12.8 Å². The Labute approximate surface area is 205 Å². The molecule has 0 spiro atoms. The van der Waals surface area contributed by atoms with Gasteiger partial charge in [0.15, 0.2) is 6.29 Å². The van der Waals surface area contributed by atoms with Gasteiger partial charge < -0.3 is 61.7 Å². The maximum absolute atomic E-state index is 11.7. The Morgan fingerprint density at radius 3 is 1.94 bits per heavy atom. The minimum Gasteiger partial charge on any atom is -0.549 e. The van der Waals surface area contributed by atoms with Gasteiger partial charge in [0.25, 0.3) is 0 Å². The number of carboxylic acid groups (broad SMARTS) is 2. The summed E-state index contributed by atoms with van der Waals surface area (Å²) in [5, 5.41) is 61.4. The van der Waals surface area contributed by atoms with Gasteiger partial charge in [-0.15, -0.1) is 0 Å². The quantitative estimate of drug-likeness (QED) is 0.121. The molecule has 2 aliphatic rings. The van der Waals surface area contributed by atoms with E-state index in [9.17, 15) is 39.9 Å². The predicted octanol–water partition coefficient (Wildman–Crippen LogP) is -5.60. The number of hydrogen-bond acceptors (Lipinski definition) is 12. The number of ether oxygens (including phenoxy) is 1. The zero-order chi connectivity index (χ0) is 24.4.